The molecule has 3 aromatic rings. The van der Waals surface area contributed by atoms with E-state index < -0.39 is 0 Å². The maximum atomic E-state index is 12.2. The molecule has 1 N–H and O–H groups in total. The first-order valence-corrected chi connectivity index (χ1v) is 10.8. The monoisotopic (exact) mass is 407 g/mol. The Morgan fingerprint density at radius 2 is 1.79 bits per heavy atom. The van der Waals surface area contributed by atoms with Crippen LogP contribution in [0.3, 0.4) is 0 Å². The molecule has 29 heavy (non-hydrogen) atoms. The minimum absolute atomic E-state index is 0.00855. The van der Waals surface area contributed by atoms with Crippen molar-refractivity contribution < 1.29 is 9.59 Å². The number of rotatable bonds is 10. The standard InChI is InChI=1S/C23H25N3O2S/c1-2-17-5-7-19(8-6-17)21(27)9-10-22(28)25-13-3-4-23-26-20(16-29-23)18-11-14-24-15-12-18/h5-8,11-12,14-16H,2-4,9-10,13H2,1H3,(H,25,28). The van der Waals surface area contributed by atoms with Crippen molar-refractivity contribution >= 4 is 23.0 Å². The van der Waals surface area contributed by atoms with E-state index in [1.807, 2.05) is 41.8 Å². The number of aromatic nitrogens is 2. The van der Waals surface area contributed by atoms with Crippen LogP contribution in [0.4, 0.5) is 0 Å². The molecular formula is C23H25N3O2S. The number of amides is 1. The number of thiazole rings is 1. The normalized spacial score (nSPS) is 10.7. The van der Waals surface area contributed by atoms with Crippen LogP contribution in [0, 0.1) is 0 Å². The third-order valence-electron chi connectivity index (χ3n) is 4.68. The molecule has 0 radical (unpaired) electrons. The molecule has 0 fully saturated rings. The van der Waals surface area contributed by atoms with Gasteiger partial charge in [0, 0.05) is 54.7 Å². The molecule has 2 aromatic heterocycles. The van der Waals surface area contributed by atoms with E-state index in [2.05, 4.69) is 22.2 Å². The zero-order chi connectivity index (χ0) is 20.5. The van der Waals surface area contributed by atoms with Crippen molar-refractivity contribution in [2.45, 2.75) is 39.0 Å². The van der Waals surface area contributed by atoms with Gasteiger partial charge < -0.3 is 5.32 Å². The minimum Gasteiger partial charge on any atom is -0.356 e. The number of aryl methyl sites for hydroxylation is 2. The zero-order valence-electron chi connectivity index (χ0n) is 16.6. The number of nitrogens with one attached hydrogen (secondary N) is 1. The van der Waals surface area contributed by atoms with Crippen molar-refractivity contribution in [3.05, 3.63) is 70.3 Å². The quantitative estimate of drug-likeness (QED) is 0.397. The highest BCUT2D eigenvalue weighted by Crippen LogP contribution is 2.21. The molecule has 0 spiro atoms. The fourth-order valence-corrected chi connectivity index (χ4v) is 3.78. The summed E-state index contributed by atoms with van der Waals surface area (Å²) >= 11 is 1.63. The van der Waals surface area contributed by atoms with Crippen molar-refractivity contribution in [3.63, 3.8) is 0 Å². The number of carbonyl (C=O) groups is 2. The predicted molar refractivity (Wildman–Crippen MR) is 116 cm³/mol. The number of benzene rings is 1. The Balaban J connectivity index is 1.35. The molecule has 0 saturated carbocycles. The van der Waals surface area contributed by atoms with Crippen molar-refractivity contribution in [1.29, 1.82) is 0 Å². The Bertz CT molecular complexity index is 936. The van der Waals surface area contributed by atoms with Gasteiger partial charge in [-0.2, -0.15) is 0 Å². The molecule has 0 unspecified atom stereocenters. The molecule has 1 aromatic carbocycles. The fourth-order valence-electron chi connectivity index (χ4n) is 2.93. The highest BCUT2D eigenvalue weighted by atomic mass is 32.1. The predicted octanol–water partition coefficient (Wildman–Crippen LogP) is 4.48. The number of Topliss-reactive ketones (excluding diaryl/α,β-unsaturated/α-hetero) is 1. The Morgan fingerprint density at radius 1 is 1.03 bits per heavy atom. The Morgan fingerprint density at radius 3 is 2.52 bits per heavy atom. The average Bonchev–Trinajstić information content (AvgIpc) is 3.25. The van der Waals surface area contributed by atoms with Gasteiger partial charge in [-0.05, 0) is 30.5 Å². The van der Waals surface area contributed by atoms with Crippen LogP contribution in [0.5, 0.6) is 0 Å². The topological polar surface area (TPSA) is 72.0 Å². The van der Waals surface area contributed by atoms with Gasteiger partial charge in [-0.3, -0.25) is 14.6 Å². The third-order valence-corrected chi connectivity index (χ3v) is 5.59. The van der Waals surface area contributed by atoms with Crippen molar-refractivity contribution in [2.75, 3.05) is 6.54 Å². The second-order valence-corrected chi connectivity index (χ2v) is 7.73. The van der Waals surface area contributed by atoms with Gasteiger partial charge in [-0.15, -0.1) is 11.3 Å². The van der Waals surface area contributed by atoms with Crippen molar-refractivity contribution in [3.8, 4) is 11.3 Å². The molecule has 0 aliphatic rings. The smallest absolute Gasteiger partial charge is 0.220 e. The molecular weight excluding hydrogens is 382 g/mol. The first-order chi connectivity index (χ1) is 14.2. The molecule has 5 nitrogen and oxygen atoms in total. The van der Waals surface area contributed by atoms with E-state index in [1.165, 1.54) is 5.56 Å². The summed E-state index contributed by atoms with van der Waals surface area (Å²) < 4.78 is 0. The fraction of sp³-hybridized carbons (Fsp3) is 0.304. The van der Waals surface area contributed by atoms with Crippen LogP contribution in [0.25, 0.3) is 11.3 Å². The van der Waals surface area contributed by atoms with Gasteiger partial charge in [0.05, 0.1) is 10.7 Å². The number of ketones is 1. The number of hydrogen-bond donors (Lipinski definition) is 1. The third kappa shape index (κ3) is 6.32. The molecule has 150 valence electrons. The molecule has 0 aliphatic heterocycles. The summed E-state index contributed by atoms with van der Waals surface area (Å²) in [7, 11) is 0. The second kappa shape index (κ2) is 10.6. The SMILES string of the molecule is CCc1ccc(C(=O)CCC(=O)NCCCc2nc(-c3ccncc3)cs2)cc1. The summed E-state index contributed by atoms with van der Waals surface area (Å²) in [5.74, 6) is -0.0747. The lowest BCUT2D eigenvalue weighted by atomic mass is 10.0. The van der Waals surface area contributed by atoms with Crippen LogP contribution in [0.15, 0.2) is 54.2 Å². The van der Waals surface area contributed by atoms with Crippen LogP contribution in [-0.2, 0) is 17.6 Å². The number of nitrogens with zero attached hydrogens (tertiary/aromatic N) is 2. The largest absolute Gasteiger partial charge is 0.356 e. The van der Waals surface area contributed by atoms with Gasteiger partial charge in [0.1, 0.15) is 0 Å². The summed E-state index contributed by atoms with van der Waals surface area (Å²) in [6.07, 6.45) is 6.56. The number of carbonyl (C=O) groups excluding carboxylic acids is 2. The summed E-state index contributed by atoms with van der Waals surface area (Å²) in [6, 6.07) is 11.5. The van der Waals surface area contributed by atoms with E-state index >= 15 is 0 Å². The van der Waals surface area contributed by atoms with Gasteiger partial charge in [0.2, 0.25) is 5.91 Å². The lowest BCUT2D eigenvalue weighted by molar-refractivity contribution is -0.121. The Hall–Kier alpha value is -2.86. The van der Waals surface area contributed by atoms with Gasteiger partial charge in [0.15, 0.2) is 5.78 Å². The number of pyridine rings is 1. The second-order valence-electron chi connectivity index (χ2n) is 6.79. The maximum absolute atomic E-state index is 12.2. The van der Waals surface area contributed by atoms with E-state index in [9.17, 15) is 9.59 Å². The van der Waals surface area contributed by atoms with Crippen LogP contribution in [0.2, 0.25) is 0 Å². The zero-order valence-corrected chi connectivity index (χ0v) is 17.4. The van der Waals surface area contributed by atoms with E-state index in [0.29, 0.717) is 12.1 Å². The van der Waals surface area contributed by atoms with Gasteiger partial charge in [0.25, 0.3) is 0 Å². The lowest BCUT2D eigenvalue weighted by Crippen LogP contribution is -2.25. The number of hydrogen-bond acceptors (Lipinski definition) is 5. The summed E-state index contributed by atoms with van der Waals surface area (Å²) in [4.78, 5) is 32.8. The van der Waals surface area contributed by atoms with Crippen molar-refractivity contribution in [2.24, 2.45) is 0 Å². The van der Waals surface area contributed by atoms with Gasteiger partial charge in [-0.1, -0.05) is 31.2 Å². The summed E-state index contributed by atoms with van der Waals surface area (Å²) in [5.41, 5.74) is 3.89. The van der Waals surface area contributed by atoms with E-state index in [4.69, 9.17) is 0 Å². The van der Waals surface area contributed by atoms with Crippen LogP contribution in [0.1, 0.15) is 47.1 Å². The molecule has 0 aliphatic carbocycles. The Kier molecular flexibility index (Phi) is 7.64. The summed E-state index contributed by atoms with van der Waals surface area (Å²) in [6.45, 7) is 2.66. The van der Waals surface area contributed by atoms with Crippen LogP contribution < -0.4 is 5.32 Å². The maximum Gasteiger partial charge on any atom is 0.220 e. The van der Waals surface area contributed by atoms with E-state index in [0.717, 1.165) is 35.5 Å². The van der Waals surface area contributed by atoms with Crippen LogP contribution in [-0.4, -0.2) is 28.2 Å². The van der Waals surface area contributed by atoms with Gasteiger partial charge >= 0.3 is 0 Å². The molecule has 2 heterocycles. The van der Waals surface area contributed by atoms with E-state index in [1.54, 1.807) is 23.7 Å². The molecule has 0 saturated heterocycles. The van der Waals surface area contributed by atoms with E-state index in [-0.39, 0.29) is 24.5 Å². The molecule has 3 rings (SSSR count). The molecule has 0 bridgehead atoms. The van der Waals surface area contributed by atoms with Crippen LogP contribution >= 0.6 is 11.3 Å². The average molecular weight is 408 g/mol. The highest BCUT2D eigenvalue weighted by Gasteiger charge is 2.09. The first kappa shape index (κ1) is 20.9. The summed E-state index contributed by atoms with van der Waals surface area (Å²) in [5, 5.41) is 5.99. The van der Waals surface area contributed by atoms with Gasteiger partial charge in [-0.25, -0.2) is 4.98 Å². The molecule has 0 atom stereocenters. The Labute approximate surface area is 175 Å². The minimum atomic E-state index is -0.0832. The lowest BCUT2D eigenvalue weighted by Gasteiger charge is -2.05. The molecule has 6 heteroatoms. The first-order valence-electron chi connectivity index (χ1n) is 9.89. The van der Waals surface area contributed by atoms with Crippen molar-refractivity contribution in [1.82, 2.24) is 15.3 Å². The molecule has 1 amide bonds. The highest BCUT2D eigenvalue weighted by molar-refractivity contribution is 7.09.